The van der Waals surface area contributed by atoms with E-state index in [-0.39, 0.29) is 0 Å². The van der Waals surface area contributed by atoms with Gasteiger partial charge in [-0.25, -0.2) is 4.79 Å². The number of allylic oxidation sites excluding steroid dienone is 1. The standard InChI is InChI=1S/C16H17Cl2N5O2/c1-8-12(14(24)25-16(2,3)4)13(23-15(19-8)20-21-22-23)10-6-5-9(17)7-11(10)18/h5-7,13H,1-4H3,(H,19,20,22)/t13-/m0/s1. The van der Waals surface area contributed by atoms with Gasteiger partial charge in [0.25, 0.3) is 0 Å². The number of hydrogen-bond donors (Lipinski definition) is 1. The molecule has 1 aromatic heterocycles. The maximum absolute atomic E-state index is 12.8. The van der Waals surface area contributed by atoms with Crippen LogP contribution in [-0.2, 0) is 9.53 Å². The van der Waals surface area contributed by atoms with Crippen molar-refractivity contribution in [1.29, 1.82) is 0 Å². The molecule has 0 radical (unpaired) electrons. The highest BCUT2D eigenvalue weighted by atomic mass is 35.5. The second-order valence-corrected chi connectivity index (χ2v) is 7.52. The molecule has 2 heterocycles. The Bertz CT molecular complexity index is 870. The van der Waals surface area contributed by atoms with Gasteiger partial charge in [-0.1, -0.05) is 34.4 Å². The first kappa shape index (κ1) is 17.7. The van der Waals surface area contributed by atoms with E-state index >= 15 is 0 Å². The first-order valence-corrected chi connectivity index (χ1v) is 8.37. The van der Waals surface area contributed by atoms with Gasteiger partial charge >= 0.3 is 5.97 Å². The van der Waals surface area contributed by atoms with Gasteiger partial charge in [0.15, 0.2) is 0 Å². The van der Waals surface area contributed by atoms with Crippen LogP contribution in [0.2, 0.25) is 10.0 Å². The SMILES string of the molecule is CC1=C(C(=O)OC(C)(C)C)[C@H](c2ccc(Cl)cc2Cl)n2nnnc2N1. The molecule has 1 aliphatic heterocycles. The second-order valence-electron chi connectivity index (χ2n) is 6.68. The van der Waals surface area contributed by atoms with Crippen molar-refractivity contribution in [2.45, 2.75) is 39.3 Å². The maximum Gasteiger partial charge on any atom is 0.338 e. The summed E-state index contributed by atoms with van der Waals surface area (Å²) >= 11 is 12.4. The summed E-state index contributed by atoms with van der Waals surface area (Å²) < 4.78 is 7.07. The number of fused-ring (bicyclic) bond motifs is 1. The molecular formula is C16H17Cl2N5O2. The van der Waals surface area contributed by atoms with Crippen LogP contribution >= 0.6 is 23.2 Å². The number of nitrogens with one attached hydrogen (secondary N) is 1. The van der Waals surface area contributed by atoms with Crippen LogP contribution in [0, 0.1) is 0 Å². The molecule has 0 aliphatic carbocycles. The average molecular weight is 382 g/mol. The summed E-state index contributed by atoms with van der Waals surface area (Å²) in [4.78, 5) is 12.8. The van der Waals surface area contributed by atoms with Crippen molar-refractivity contribution in [2.24, 2.45) is 0 Å². The normalized spacial score (nSPS) is 17.1. The van der Waals surface area contributed by atoms with Crippen LogP contribution in [0.5, 0.6) is 0 Å². The number of rotatable bonds is 2. The summed E-state index contributed by atoms with van der Waals surface area (Å²) in [6.07, 6.45) is 0. The molecular weight excluding hydrogens is 365 g/mol. The number of hydrogen-bond acceptors (Lipinski definition) is 6. The van der Waals surface area contributed by atoms with Crippen LogP contribution in [0.3, 0.4) is 0 Å². The van der Waals surface area contributed by atoms with E-state index < -0.39 is 17.6 Å². The molecule has 1 aliphatic rings. The summed E-state index contributed by atoms with van der Waals surface area (Å²) in [5.41, 5.74) is 1.01. The van der Waals surface area contributed by atoms with Gasteiger partial charge in [-0.2, -0.15) is 4.68 Å². The van der Waals surface area contributed by atoms with Crippen LogP contribution in [0.15, 0.2) is 29.5 Å². The Kier molecular flexibility index (Phi) is 4.47. The summed E-state index contributed by atoms with van der Waals surface area (Å²) in [5.74, 6) is -0.0458. The van der Waals surface area contributed by atoms with Gasteiger partial charge in [-0.05, 0) is 50.3 Å². The summed E-state index contributed by atoms with van der Waals surface area (Å²) in [7, 11) is 0. The smallest absolute Gasteiger partial charge is 0.338 e. The Balaban J connectivity index is 2.15. The molecule has 0 amide bonds. The lowest BCUT2D eigenvalue weighted by Crippen LogP contribution is -2.33. The van der Waals surface area contributed by atoms with Crippen molar-refractivity contribution in [3.05, 3.63) is 45.1 Å². The quantitative estimate of drug-likeness (QED) is 0.800. The lowest BCUT2D eigenvalue weighted by atomic mass is 9.95. The molecule has 0 unspecified atom stereocenters. The molecule has 2 aromatic rings. The molecule has 25 heavy (non-hydrogen) atoms. The van der Waals surface area contributed by atoms with E-state index in [4.69, 9.17) is 27.9 Å². The van der Waals surface area contributed by atoms with E-state index in [0.717, 1.165) is 0 Å². The monoisotopic (exact) mass is 381 g/mol. The third-order valence-electron chi connectivity index (χ3n) is 3.59. The molecule has 7 nitrogen and oxygen atoms in total. The van der Waals surface area contributed by atoms with Gasteiger partial charge in [0, 0.05) is 21.3 Å². The molecule has 0 saturated heterocycles. The summed E-state index contributed by atoms with van der Waals surface area (Å²) in [6, 6.07) is 4.46. The molecule has 1 N–H and O–H groups in total. The molecule has 0 fully saturated rings. The van der Waals surface area contributed by atoms with Gasteiger partial charge < -0.3 is 10.1 Å². The first-order chi connectivity index (χ1) is 11.7. The Hall–Kier alpha value is -2.12. The van der Waals surface area contributed by atoms with Crippen molar-refractivity contribution in [2.75, 3.05) is 5.32 Å². The Morgan fingerprint density at radius 2 is 2.04 bits per heavy atom. The van der Waals surface area contributed by atoms with Gasteiger partial charge in [-0.3, -0.25) is 0 Å². The Morgan fingerprint density at radius 1 is 1.32 bits per heavy atom. The van der Waals surface area contributed by atoms with Crippen molar-refractivity contribution in [3.63, 3.8) is 0 Å². The van der Waals surface area contributed by atoms with E-state index in [1.165, 1.54) is 4.68 Å². The van der Waals surface area contributed by atoms with Crippen LogP contribution in [0.4, 0.5) is 5.95 Å². The average Bonchev–Trinajstić information content (AvgIpc) is 2.92. The van der Waals surface area contributed by atoms with Gasteiger partial charge in [0.05, 0.1) is 5.57 Å². The van der Waals surface area contributed by atoms with E-state index in [0.29, 0.717) is 32.8 Å². The molecule has 1 atom stereocenters. The largest absolute Gasteiger partial charge is 0.456 e. The number of tetrazole rings is 1. The third-order valence-corrected chi connectivity index (χ3v) is 4.15. The minimum atomic E-state index is -0.639. The molecule has 3 rings (SSSR count). The molecule has 0 saturated carbocycles. The van der Waals surface area contributed by atoms with Crippen LogP contribution in [-0.4, -0.2) is 31.8 Å². The summed E-state index contributed by atoms with van der Waals surface area (Å²) in [6.45, 7) is 7.20. The zero-order valence-electron chi connectivity index (χ0n) is 14.2. The predicted octanol–water partition coefficient (Wildman–Crippen LogP) is 3.61. The lowest BCUT2D eigenvalue weighted by molar-refractivity contribution is -0.150. The zero-order chi connectivity index (χ0) is 18.4. The Labute approximate surface area is 154 Å². The van der Waals surface area contributed by atoms with Gasteiger partial charge in [0.2, 0.25) is 5.95 Å². The number of esters is 1. The fourth-order valence-electron chi connectivity index (χ4n) is 2.62. The minimum absolute atomic E-state index is 0.388. The van der Waals surface area contributed by atoms with Gasteiger partial charge in [-0.15, -0.1) is 0 Å². The van der Waals surface area contributed by atoms with Crippen LogP contribution in [0.25, 0.3) is 0 Å². The molecule has 132 valence electrons. The second kappa shape index (κ2) is 6.31. The van der Waals surface area contributed by atoms with Crippen molar-refractivity contribution < 1.29 is 9.53 Å². The fraction of sp³-hybridized carbons (Fsp3) is 0.375. The van der Waals surface area contributed by atoms with Crippen LogP contribution in [0.1, 0.15) is 39.3 Å². The van der Waals surface area contributed by atoms with E-state index in [1.54, 1.807) is 25.1 Å². The Morgan fingerprint density at radius 3 is 2.68 bits per heavy atom. The van der Waals surface area contributed by atoms with Crippen molar-refractivity contribution in [1.82, 2.24) is 20.2 Å². The zero-order valence-corrected chi connectivity index (χ0v) is 15.7. The number of carbonyl (C=O) groups is 1. The number of benzene rings is 1. The van der Waals surface area contributed by atoms with E-state index in [2.05, 4.69) is 20.8 Å². The van der Waals surface area contributed by atoms with Crippen molar-refractivity contribution in [3.8, 4) is 0 Å². The number of nitrogens with zero attached hydrogens (tertiary/aromatic N) is 4. The highest BCUT2D eigenvalue weighted by molar-refractivity contribution is 6.35. The predicted molar refractivity (Wildman–Crippen MR) is 94.6 cm³/mol. The van der Waals surface area contributed by atoms with Crippen LogP contribution < -0.4 is 5.32 Å². The minimum Gasteiger partial charge on any atom is -0.456 e. The van der Waals surface area contributed by atoms with Crippen molar-refractivity contribution >= 4 is 35.1 Å². The molecule has 0 spiro atoms. The number of aromatic nitrogens is 4. The number of halogens is 2. The molecule has 9 heteroatoms. The fourth-order valence-corrected chi connectivity index (χ4v) is 3.13. The number of anilines is 1. The maximum atomic E-state index is 12.8. The number of carbonyl (C=O) groups excluding carboxylic acids is 1. The highest BCUT2D eigenvalue weighted by Gasteiger charge is 2.37. The number of ether oxygens (including phenoxy) is 1. The summed E-state index contributed by atoms with van der Waals surface area (Å²) in [5, 5.41) is 15.6. The molecule has 0 bridgehead atoms. The van der Waals surface area contributed by atoms with E-state index in [1.807, 2.05) is 20.8 Å². The molecule has 1 aromatic carbocycles. The first-order valence-electron chi connectivity index (χ1n) is 7.61. The third kappa shape index (κ3) is 3.48. The highest BCUT2D eigenvalue weighted by Crippen LogP contribution is 2.39. The topological polar surface area (TPSA) is 81.9 Å². The van der Waals surface area contributed by atoms with Gasteiger partial charge in [0.1, 0.15) is 11.6 Å². The lowest BCUT2D eigenvalue weighted by Gasteiger charge is -2.30. The van der Waals surface area contributed by atoms with E-state index in [9.17, 15) is 4.79 Å².